The third-order valence-electron chi connectivity index (χ3n) is 3.80. The second kappa shape index (κ2) is 5.61. The molecule has 0 N–H and O–H groups in total. The van der Waals surface area contributed by atoms with Crippen molar-refractivity contribution in [2.75, 3.05) is 32.7 Å². The van der Waals surface area contributed by atoms with Crippen LogP contribution in [-0.2, 0) is 4.79 Å². The summed E-state index contributed by atoms with van der Waals surface area (Å²) < 4.78 is 0. The van der Waals surface area contributed by atoms with Gasteiger partial charge in [-0.1, -0.05) is 6.42 Å². The average molecular weight is 210 g/mol. The topological polar surface area (TPSA) is 23.6 Å². The molecule has 86 valence electrons. The average Bonchev–Trinajstić information content (AvgIpc) is 2.32. The first-order valence-electron chi connectivity index (χ1n) is 6.30. The highest BCUT2D eigenvalue weighted by Gasteiger charge is 2.24. The molecule has 2 heterocycles. The van der Waals surface area contributed by atoms with E-state index >= 15 is 0 Å². The van der Waals surface area contributed by atoms with Crippen LogP contribution < -0.4 is 0 Å². The summed E-state index contributed by atoms with van der Waals surface area (Å²) in [6.45, 7) is 5.46. The van der Waals surface area contributed by atoms with Crippen molar-refractivity contribution >= 4 is 6.29 Å². The van der Waals surface area contributed by atoms with Crippen molar-refractivity contribution in [3.8, 4) is 0 Å². The van der Waals surface area contributed by atoms with Crippen LogP contribution in [0, 0.1) is 0 Å². The molecule has 0 bridgehead atoms. The van der Waals surface area contributed by atoms with Gasteiger partial charge in [0.2, 0.25) is 0 Å². The van der Waals surface area contributed by atoms with E-state index < -0.39 is 0 Å². The first-order chi connectivity index (χ1) is 7.40. The molecule has 2 saturated heterocycles. The third-order valence-corrected chi connectivity index (χ3v) is 3.80. The minimum absolute atomic E-state index is 0.632. The zero-order valence-corrected chi connectivity index (χ0v) is 9.53. The van der Waals surface area contributed by atoms with Gasteiger partial charge in [-0.25, -0.2) is 0 Å². The minimum Gasteiger partial charge on any atom is -0.302 e. The highest BCUT2D eigenvalue weighted by molar-refractivity contribution is 5.51. The molecular formula is C12H22N2O. The molecule has 0 aromatic rings. The van der Waals surface area contributed by atoms with E-state index in [0.717, 1.165) is 25.4 Å². The number of aldehydes is 1. The van der Waals surface area contributed by atoms with Crippen molar-refractivity contribution in [3.63, 3.8) is 0 Å². The summed E-state index contributed by atoms with van der Waals surface area (Å²) in [5.41, 5.74) is 0. The number of likely N-dealkylation sites (tertiary alicyclic amines) is 2. The molecule has 0 spiro atoms. The molecule has 0 aliphatic carbocycles. The van der Waals surface area contributed by atoms with Gasteiger partial charge in [-0.2, -0.15) is 0 Å². The Labute approximate surface area is 92.4 Å². The van der Waals surface area contributed by atoms with Gasteiger partial charge in [-0.05, 0) is 38.8 Å². The normalized spacial score (nSPS) is 26.7. The Balaban J connectivity index is 1.74. The van der Waals surface area contributed by atoms with Gasteiger partial charge < -0.3 is 9.69 Å². The molecule has 3 heteroatoms. The largest absolute Gasteiger partial charge is 0.302 e. The monoisotopic (exact) mass is 210 g/mol. The lowest BCUT2D eigenvalue weighted by atomic mass is 10.00. The van der Waals surface area contributed by atoms with Gasteiger partial charge in [0.05, 0.1) is 6.54 Å². The van der Waals surface area contributed by atoms with Crippen LogP contribution in [0.1, 0.15) is 32.1 Å². The predicted octanol–water partition coefficient (Wildman–Crippen LogP) is 1.14. The van der Waals surface area contributed by atoms with E-state index in [-0.39, 0.29) is 0 Å². The van der Waals surface area contributed by atoms with Crippen LogP contribution in [0.5, 0.6) is 0 Å². The highest BCUT2D eigenvalue weighted by atomic mass is 16.1. The number of carbonyl (C=O) groups is 1. The van der Waals surface area contributed by atoms with Crippen molar-refractivity contribution in [1.29, 1.82) is 0 Å². The summed E-state index contributed by atoms with van der Waals surface area (Å²) in [6, 6.07) is 0.799. The Kier molecular flexibility index (Phi) is 4.15. The molecular weight excluding hydrogens is 188 g/mol. The number of hydrogen-bond donors (Lipinski definition) is 0. The van der Waals surface area contributed by atoms with E-state index in [1.807, 2.05) is 0 Å². The number of rotatable bonds is 3. The molecule has 2 aliphatic rings. The maximum atomic E-state index is 10.4. The van der Waals surface area contributed by atoms with Crippen molar-refractivity contribution in [2.45, 2.75) is 38.1 Å². The number of carbonyl (C=O) groups excluding carboxylic acids is 1. The zero-order valence-electron chi connectivity index (χ0n) is 9.53. The predicted molar refractivity (Wildman–Crippen MR) is 61.0 cm³/mol. The molecule has 15 heavy (non-hydrogen) atoms. The first kappa shape index (κ1) is 11.1. The fourth-order valence-corrected chi connectivity index (χ4v) is 2.86. The molecule has 0 radical (unpaired) electrons. The third kappa shape index (κ3) is 3.02. The van der Waals surface area contributed by atoms with Crippen molar-refractivity contribution in [1.82, 2.24) is 9.80 Å². The van der Waals surface area contributed by atoms with E-state index in [2.05, 4.69) is 9.80 Å². The Morgan fingerprint density at radius 1 is 1.00 bits per heavy atom. The standard InChI is InChI=1S/C12H22N2O/c15-11-10-13-8-4-12(5-9-13)14-6-2-1-3-7-14/h11-12H,1-10H2. The van der Waals surface area contributed by atoms with Crippen LogP contribution in [0.2, 0.25) is 0 Å². The Bertz CT molecular complexity index is 194. The Hall–Kier alpha value is -0.410. The second-order valence-electron chi connectivity index (χ2n) is 4.80. The Morgan fingerprint density at radius 3 is 2.27 bits per heavy atom. The van der Waals surface area contributed by atoms with Crippen LogP contribution in [-0.4, -0.2) is 54.9 Å². The van der Waals surface area contributed by atoms with Crippen molar-refractivity contribution in [3.05, 3.63) is 0 Å². The number of hydrogen-bond acceptors (Lipinski definition) is 3. The fourth-order valence-electron chi connectivity index (χ4n) is 2.86. The fraction of sp³-hybridized carbons (Fsp3) is 0.917. The van der Waals surface area contributed by atoms with E-state index in [1.165, 1.54) is 45.2 Å². The molecule has 0 atom stereocenters. The van der Waals surface area contributed by atoms with E-state index in [4.69, 9.17) is 0 Å². The molecule has 2 fully saturated rings. The minimum atomic E-state index is 0.632. The summed E-state index contributed by atoms with van der Waals surface area (Å²) in [7, 11) is 0. The van der Waals surface area contributed by atoms with Gasteiger partial charge in [0.15, 0.2) is 0 Å². The van der Waals surface area contributed by atoms with Crippen LogP contribution in [0.25, 0.3) is 0 Å². The van der Waals surface area contributed by atoms with Gasteiger partial charge in [-0.15, -0.1) is 0 Å². The van der Waals surface area contributed by atoms with Crippen LogP contribution in [0.4, 0.5) is 0 Å². The summed E-state index contributed by atoms with van der Waals surface area (Å²) in [6.07, 6.45) is 7.73. The molecule has 0 aromatic heterocycles. The van der Waals surface area contributed by atoms with Gasteiger partial charge in [0, 0.05) is 19.1 Å². The van der Waals surface area contributed by atoms with Crippen LogP contribution in [0.15, 0.2) is 0 Å². The smallest absolute Gasteiger partial charge is 0.133 e. The lowest BCUT2D eigenvalue weighted by Gasteiger charge is -2.39. The Morgan fingerprint density at radius 2 is 1.67 bits per heavy atom. The molecule has 2 aliphatic heterocycles. The van der Waals surface area contributed by atoms with E-state index in [9.17, 15) is 4.79 Å². The zero-order chi connectivity index (χ0) is 10.5. The maximum absolute atomic E-state index is 10.4. The lowest BCUT2D eigenvalue weighted by Crippen LogP contribution is -2.46. The molecule has 3 nitrogen and oxygen atoms in total. The van der Waals surface area contributed by atoms with E-state index in [0.29, 0.717) is 6.54 Å². The lowest BCUT2D eigenvalue weighted by molar-refractivity contribution is -0.109. The summed E-state index contributed by atoms with van der Waals surface area (Å²) >= 11 is 0. The highest BCUT2D eigenvalue weighted by Crippen LogP contribution is 2.20. The van der Waals surface area contributed by atoms with Crippen LogP contribution >= 0.6 is 0 Å². The summed E-state index contributed by atoms with van der Waals surface area (Å²) in [5, 5.41) is 0. The summed E-state index contributed by atoms with van der Waals surface area (Å²) in [5.74, 6) is 0. The molecule has 0 amide bonds. The number of nitrogens with zero attached hydrogens (tertiary/aromatic N) is 2. The first-order valence-corrected chi connectivity index (χ1v) is 6.30. The van der Waals surface area contributed by atoms with Gasteiger partial charge in [0.25, 0.3) is 0 Å². The van der Waals surface area contributed by atoms with Crippen LogP contribution in [0.3, 0.4) is 0 Å². The van der Waals surface area contributed by atoms with Crippen molar-refractivity contribution in [2.24, 2.45) is 0 Å². The van der Waals surface area contributed by atoms with Gasteiger partial charge >= 0.3 is 0 Å². The SMILES string of the molecule is O=CCN1CCC(N2CCCCC2)CC1. The van der Waals surface area contributed by atoms with Gasteiger partial charge in [0.1, 0.15) is 6.29 Å². The number of piperidine rings is 2. The second-order valence-corrected chi connectivity index (χ2v) is 4.80. The van der Waals surface area contributed by atoms with E-state index in [1.54, 1.807) is 0 Å². The molecule has 0 saturated carbocycles. The molecule has 2 rings (SSSR count). The summed E-state index contributed by atoms with van der Waals surface area (Å²) in [4.78, 5) is 15.3. The van der Waals surface area contributed by atoms with Crippen molar-refractivity contribution < 1.29 is 4.79 Å². The molecule has 0 aromatic carbocycles. The van der Waals surface area contributed by atoms with Gasteiger partial charge in [-0.3, -0.25) is 4.90 Å². The quantitative estimate of drug-likeness (QED) is 0.653. The molecule has 0 unspecified atom stereocenters. The maximum Gasteiger partial charge on any atom is 0.133 e.